The normalized spacial score (nSPS) is 15.5. The Morgan fingerprint density at radius 3 is 2.93 bits per heavy atom. The van der Waals surface area contributed by atoms with Crippen LogP contribution in [0.3, 0.4) is 0 Å². The minimum atomic E-state index is -0.864. The fraction of sp³-hybridized carbons (Fsp3) is 0.600. The van der Waals surface area contributed by atoms with Crippen molar-refractivity contribution in [1.29, 1.82) is 0 Å². The van der Waals surface area contributed by atoms with Gasteiger partial charge in [0.25, 0.3) is 0 Å². The lowest BCUT2D eigenvalue weighted by molar-refractivity contribution is 0.0700. The van der Waals surface area contributed by atoms with E-state index in [1.165, 1.54) is 11.3 Å². The van der Waals surface area contributed by atoms with Crippen molar-refractivity contribution in [3.05, 3.63) is 15.6 Å². The Balaban J connectivity index is 2.19. The number of hydrogen-bond donors (Lipinski definition) is 1. The third-order valence-electron chi connectivity index (χ3n) is 2.29. The van der Waals surface area contributed by atoms with Gasteiger partial charge in [-0.1, -0.05) is 0 Å². The molecule has 82 valence electrons. The van der Waals surface area contributed by atoms with Crippen LogP contribution in [0.4, 0.5) is 0 Å². The molecule has 0 saturated heterocycles. The molecule has 0 bridgehead atoms. The highest BCUT2D eigenvalue weighted by Crippen LogP contribution is 2.42. The van der Waals surface area contributed by atoms with Crippen LogP contribution in [0.1, 0.15) is 46.1 Å². The first-order valence-electron chi connectivity index (χ1n) is 5.03. The van der Waals surface area contributed by atoms with Gasteiger partial charge in [0.15, 0.2) is 0 Å². The van der Waals surface area contributed by atoms with Crippen LogP contribution in [0.5, 0.6) is 0 Å². The molecule has 0 atom stereocenters. The Morgan fingerprint density at radius 2 is 2.40 bits per heavy atom. The van der Waals surface area contributed by atoms with Crippen molar-refractivity contribution in [3.8, 4) is 0 Å². The number of carbonyl (C=O) groups is 1. The lowest BCUT2D eigenvalue weighted by atomic mass is 10.2. The molecule has 0 spiro atoms. The van der Waals surface area contributed by atoms with Gasteiger partial charge >= 0.3 is 5.97 Å². The molecule has 0 aliphatic heterocycles. The highest BCUT2D eigenvalue weighted by Gasteiger charge is 2.31. The highest BCUT2D eigenvalue weighted by atomic mass is 32.1. The maximum Gasteiger partial charge on any atom is 0.347 e. The van der Waals surface area contributed by atoms with Crippen molar-refractivity contribution < 1.29 is 14.6 Å². The van der Waals surface area contributed by atoms with Gasteiger partial charge in [0.1, 0.15) is 9.88 Å². The fourth-order valence-electron chi connectivity index (χ4n) is 1.42. The molecule has 0 radical (unpaired) electrons. The van der Waals surface area contributed by atoms with Crippen LogP contribution in [0.25, 0.3) is 0 Å². The van der Waals surface area contributed by atoms with E-state index >= 15 is 0 Å². The summed E-state index contributed by atoms with van der Waals surface area (Å²) in [6.45, 7) is 2.96. The summed E-state index contributed by atoms with van der Waals surface area (Å²) in [6.07, 6.45) is 2.14. The summed E-state index contributed by atoms with van der Waals surface area (Å²) in [6, 6.07) is 0. The number of aromatic nitrogens is 1. The summed E-state index contributed by atoms with van der Waals surface area (Å²) in [5.74, 6) is -0.486. The first-order chi connectivity index (χ1) is 7.22. The molecule has 0 amide bonds. The van der Waals surface area contributed by atoms with Crippen LogP contribution in [-0.2, 0) is 11.3 Å². The number of thiazole rings is 1. The smallest absolute Gasteiger partial charge is 0.347 e. The maximum absolute atomic E-state index is 11.0. The van der Waals surface area contributed by atoms with Crippen molar-refractivity contribution in [2.45, 2.75) is 32.3 Å². The van der Waals surface area contributed by atoms with E-state index in [1.807, 2.05) is 6.92 Å². The van der Waals surface area contributed by atoms with Crippen LogP contribution in [0.2, 0.25) is 0 Å². The molecule has 1 aliphatic carbocycles. The van der Waals surface area contributed by atoms with Crippen molar-refractivity contribution in [3.63, 3.8) is 0 Å². The first-order valence-corrected chi connectivity index (χ1v) is 5.84. The fourth-order valence-corrected chi connectivity index (χ4v) is 2.34. The van der Waals surface area contributed by atoms with Gasteiger partial charge in [-0.15, -0.1) is 11.3 Å². The Hall–Kier alpha value is -0.940. The van der Waals surface area contributed by atoms with Crippen LogP contribution >= 0.6 is 11.3 Å². The zero-order valence-corrected chi connectivity index (χ0v) is 9.34. The van der Waals surface area contributed by atoms with E-state index in [0.29, 0.717) is 24.0 Å². The van der Waals surface area contributed by atoms with Gasteiger partial charge in [-0.25, -0.2) is 9.78 Å². The minimum Gasteiger partial charge on any atom is -0.477 e. The average molecular weight is 227 g/mol. The van der Waals surface area contributed by atoms with E-state index in [-0.39, 0.29) is 0 Å². The Morgan fingerprint density at radius 1 is 1.67 bits per heavy atom. The standard InChI is InChI=1S/C10H13NO3S/c1-2-14-5-7-11-8(6-3-4-6)9(15-7)10(12)13/h6H,2-5H2,1H3,(H,12,13). The van der Waals surface area contributed by atoms with Crippen molar-refractivity contribution in [1.82, 2.24) is 4.98 Å². The lowest BCUT2D eigenvalue weighted by Crippen LogP contribution is -1.97. The van der Waals surface area contributed by atoms with Crippen LogP contribution in [0.15, 0.2) is 0 Å². The summed E-state index contributed by atoms with van der Waals surface area (Å²) < 4.78 is 5.22. The van der Waals surface area contributed by atoms with E-state index in [2.05, 4.69) is 4.98 Å². The highest BCUT2D eigenvalue weighted by molar-refractivity contribution is 7.13. The molecule has 1 aromatic rings. The Kier molecular flexibility index (Phi) is 3.02. The lowest BCUT2D eigenvalue weighted by Gasteiger charge is -1.94. The molecule has 4 nitrogen and oxygen atoms in total. The van der Waals surface area contributed by atoms with E-state index in [1.54, 1.807) is 0 Å². The van der Waals surface area contributed by atoms with Crippen molar-refractivity contribution >= 4 is 17.3 Å². The average Bonchev–Trinajstić information content (AvgIpc) is 2.95. The first kappa shape index (κ1) is 10.6. The summed E-state index contributed by atoms with van der Waals surface area (Å²) in [5, 5.41) is 9.78. The number of carboxylic acid groups (broad SMARTS) is 1. The zero-order valence-electron chi connectivity index (χ0n) is 8.52. The molecule has 1 fully saturated rings. The van der Waals surface area contributed by atoms with E-state index < -0.39 is 5.97 Å². The van der Waals surface area contributed by atoms with Crippen LogP contribution in [0, 0.1) is 0 Å². The van der Waals surface area contributed by atoms with Gasteiger partial charge in [-0.05, 0) is 19.8 Å². The number of hydrogen-bond acceptors (Lipinski definition) is 4. The van der Waals surface area contributed by atoms with Gasteiger partial charge in [-0.2, -0.15) is 0 Å². The second kappa shape index (κ2) is 4.28. The molecule has 2 rings (SSSR count). The van der Waals surface area contributed by atoms with Crippen molar-refractivity contribution in [2.24, 2.45) is 0 Å². The minimum absolute atomic E-state index is 0.378. The van der Waals surface area contributed by atoms with Gasteiger partial charge in [0.05, 0.1) is 12.3 Å². The predicted octanol–water partition coefficient (Wildman–Crippen LogP) is 2.26. The Labute approximate surface area is 91.9 Å². The molecule has 0 unspecified atom stereocenters. The van der Waals surface area contributed by atoms with E-state index in [4.69, 9.17) is 9.84 Å². The second-order valence-electron chi connectivity index (χ2n) is 3.54. The number of rotatable bonds is 5. The molecule has 1 aromatic heterocycles. The monoisotopic (exact) mass is 227 g/mol. The van der Waals surface area contributed by atoms with Crippen molar-refractivity contribution in [2.75, 3.05) is 6.61 Å². The quantitative estimate of drug-likeness (QED) is 0.838. The summed E-state index contributed by atoms with van der Waals surface area (Å²) in [5.41, 5.74) is 0.766. The molecule has 1 aliphatic rings. The second-order valence-corrected chi connectivity index (χ2v) is 4.62. The molecule has 1 saturated carbocycles. The summed E-state index contributed by atoms with van der Waals surface area (Å²) in [7, 11) is 0. The van der Waals surface area contributed by atoms with Gasteiger partial charge in [0, 0.05) is 12.5 Å². The topological polar surface area (TPSA) is 59.4 Å². The van der Waals surface area contributed by atoms with Gasteiger partial charge in [0.2, 0.25) is 0 Å². The molecule has 1 heterocycles. The maximum atomic E-state index is 11.0. The number of ether oxygens (including phenoxy) is 1. The van der Waals surface area contributed by atoms with Gasteiger partial charge in [-0.3, -0.25) is 0 Å². The summed E-state index contributed by atoms with van der Waals surface area (Å²) >= 11 is 1.24. The van der Waals surface area contributed by atoms with E-state index in [0.717, 1.165) is 23.5 Å². The molecule has 1 N–H and O–H groups in total. The Bertz CT molecular complexity index is 371. The number of aromatic carboxylic acids is 1. The van der Waals surface area contributed by atoms with Crippen LogP contribution < -0.4 is 0 Å². The van der Waals surface area contributed by atoms with Crippen LogP contribution in [-0.4, -0.2) is 22.7 Å². The largest absolute Gasteiger partial charge is 0.477 e. The van der Waals surface area contributed by atoms with Gasteiger partial charge < -0.3 is 9.84 Å². The zero-order chi connectivity index (χ0) is 10.8. The molecular formula is C10H13NO3S. The molecule has 15 heavy (non-hydrogen) atoms. The third kappa shape index (κ3) is 2.35. The third-order valence-corrected chi connectivity index (χ3v) is 3.32. The molecular weight excluding hydrogens is 214 g/mol. The molecule has 5 heteroatoms. The SMILES string of the molecule is CCOCc1nc(C2CC2)c(C(=O)O)s1. The summed E-state index contributed by atoms with van der Waals surface area (Å²) in [4.78, 5) is 15.7. The number of carboxylic acids is 1. The number of nitrogens with zero attached hydrogens (tertiary/aromatic N) is 1. The van der Waals surface area contributed by atoms with E-state index in [9.17, 15) is 4.79 Å². The predicted molar refractivity (Wildman–Crippen MR) is 56.4 cm³/mol. The molecule has 0 aromatic carbocycles.